The molecule has 0 spiro atoms. The normalized spacial score (nSPS) is 11.7. The van der Waals surface area contributed by atoms with Gasteiger partial charge in [-0.25, -0.2) is 0 Å². The summed E-state index contributed by atoms with van der Waals surface area (Å²) < 4.78 is 0. The average molecular weight is 860 g/mol. The van der Waals surface area contributed by atoms with Gasteiger partial charge in [0, 0.05) is 44.2 Å². The van der Waals surface area contributed by atoms with Crippen LogP contribution in [0.15, 0.2) is 127 Å². The first kappa shape index (κ1) is 41.3. The molecule has 4 heteroatoms. The Hall–Kier alpha value is -4.07. The number of aromatic nitrogens is 1. The third kappa shape index (κ3) is 10.3. The van der Waals surface area contributed by atoms with Gasteiger partial charge in [-0.15, -0.1) is 29.3 Å². The molecule has 1 aromatic heterocycles. The number of pyridine rings is 1. The third-order valence-corrected chi connectivity index (χ3v) is 10.6. The fourth-order valence-electron chi connectivity index (χ4n) is 5.96. The molecule has 5 rings (SSSR count). The van der Waals surface area contributed by atoms with Crippen LogP contribution in [0.25, 0.3) is 44.6 Å². The second-order valence-electron chi connectivity index (χ2n) is 14.0. The molecule has 5 aromatic rings. The molecule has 51 heavy (non-hydrogen) atoms. The quantitative estimate of drug-likeness (QED) is 0.0772. The van der Waals surface area contributed by atoms with Crippen LogP contribution < -0.4 is 0 Å². The molecule has 0 aliphatic heterocycles. The van der Waals surface area contributed by atoms with Crippen molar-refractivity contribution >= 4 is 5.78 Å². The van der Waals surface area contributed by atoms with Gasteiger partial charge in [0.2, 0.25) is 0 Å². The molecule has 1 N–H and O–H groups in total. The van der Waals surface area contributed by atoms with E-state index < -0.39 is 0 Å². The van der Waals surface area contributed by atoms with Gasteiger partial charge >= 0.3 is 0 Å². The molecule has 0 aliphatic rings. The Morgan fingerprint density at radius 2 is 1.20 bits per heavy atom. The predicted octanol–water partition coefficient (Wildman–Crippen LogP) is 13.3. The number of aliphatic hydroxyl groups is 1. The summed E-state index contributed by atoms with van der Waals surface area (Å²) >= 11 is 0. The smallest absolute Gasteiger partial charge is 0.164 e. The number of carbonyl (C=O) groups is 1. The maximum Gasteiger partial charge on any atom is 0.164 e. The summed E-state index contributed by atoms with van der Waals surface area (Å²) in [4.78, 5) is 16.7. The molecule has 0 radical (unpaired) electrons. The van der Waals surface area contributed by atoms with Crippen LogP contribution in [0.5, 0.6) is 0 Å². The maximum atomic E-state index is 12.2. The van der Waals surface area contributed by atoms with Gasteiger partial charge in [0.25, 0.3) is 0 Å². The monoisotopic (exact) mass is 859 g/mol. The summed E-state index contributed by atoms with van der Waals surface area (Å²) in [6.07, 6.45) is 6.59. The molecule has 3 nitrogen and oxygen atoms in total. The maximum absolute atomic E-state index is 12.2. The molecule has 0 saturated heterocycles. The Morgan fingerprint density at radius 3 is 1.65 bits per heavy atom. The van der Waals surface area contributed by atoms with Crippen LogP contribution in [0, 0.1) is 16.9 Å². The van der Waals surface area contributed by atoms with Crippen molar-refractivity contribution in [2.45, 2.75) is 87.0 Å². The summed E-state index contributed by atoms with van der Waals surface area (Å²) in [6, 6.07) is 42.0. The average Bonchev–Trinajstić information content (AvgIpc) is 3.17. The number of nitrogens with zero attached hydrogens (tertiary/aromatic N) is 1. The van der Waals surface area contributed by atoms with E-state index in [1.165, 1.54) is 45.0 Å². The van der Waals surface area contributed by atoms with E-state index in [-0.39, 0.29) is 43.4 Å². The van der Waals surface area contributed by atoms with Crippen LogP contribution in [0.2, 0.25) is 0 Å². The zero-order chi connectivity index (χ0) is 36.3. The zero-order valence-electron chi connectivity index (χ0n) is 31.6. The van der Waals surface area contributed by atoms with Crippen LogP contribution in [-0.4, -0.2) is 15.9 Å². The molecular formula is C47H54NO2Pt-. The van der Waals surface area contributed by atoms with Crippen molar-refractivity contribution in [2.24, 2.45) is 10.8 Å². The second kappa shape index (κ2) is 19.0. The minimum Gasteiger partial charge on any atom is -0.512 e. The van der Waals surface area contributed by atoms with Gasteiger partial charge in [0.15, 0.2) is 5.78 Å². The van der Waals surface area contributed by atoms with Crippen LogP contribution in [-0.2, 0) is 25.9 Å². The number of carbonyl (C=O) groups excluding carboxylic acids is 1. The van der Waals surface area contributed by atoms with Gasteiger partial charge in [-0.2, -0.15) is 0 Å². The third-order valence-electron chi connectivity index (χ3n) is 10.6. The minimum atomic E-state index is -0.337. The first-order valence-corrected chi connectivity index (χ1v) is 18.2. The number of benzene rings is 4. The van der Waals surface area contributed by atoms with E-state index in [2.05, 4.69) is 116 Å². The molecule has 0 unspecified atom stereocenters. The SMILES string of the molecule is CC(C)c1c[c-]c(-c2ccccn2)cc1-c1cc(-c2ccccc2)cc(-c2ccccc2)c1.CCC(C)(CC)C(=O)/C=C(\O)C(C)(CC)CC.[Pt]. The van der Waals surface area contributed by atoms with Crippen LogP contribution in [0.1, 0.15) is 92.6 Å². The molecule has 0 amide bonds. The van der Waals surface area contributed by atoms with E-state index in [1.54, 1.807) is 0 Å². The molecule has 0 bridgehead atoms. The van der Waals surface area contributed by atoms with E-state index in [4.69, 9.17) is 0 Å². The Labute approximate surface area is 321 Å². The number of ketones is 1. The molecule has 0 fully saturated rings. The fraction of sp³-hybridized carbons (Fsp3) is 0.319. The molecule has 270 valence electrons. The van der Waals surface area contributed by atoms with Crippen molar-refractivity contribution in [3.8, 4) is 44.6 Å². The van der Waals surface area contributed by atoms with Crippen molar-refractivity contribution in [3.63, 3.8) is 0 Å². The van der Waals surface area contributed by atoms with Gasteiger partial charge < -0.3 is 10.1 Å². The number of aliphatic hydroxyl groups excluding tert-OH is 1. The largest absolute Gasteiger partial charge is 0.512 e. The van der Waals surface area contributed by atoms with E-state index in [9.17, 15) is 9.90 Å². The predicted molar refractivity (Wildman–Crippen MR) is 212 cm³/mol. The molecule has 0 saturated carbocycles. The second-order valence-corrected chi connectivity index (χ2v) is 14.0. The standard InChI is InChI=1S/C32H26N.C15H28O2.Pt/c1-23(2)30-17-16-26(32-15-9-10-18-33-32)22-31(30)29-20-27(24-11-5-3-6-12-24)19-28(21-29)25-13-7-4-8-14-25;1-7-14(5,8-2)12(16)11-13(17)15(6,9-3)10-4;/h3-15,17-23H,1-2H3;11,16H,7-10H2,1-6H3;/q-1;;/b;12-11-;. The van der Waals surface area contributed by atoms with Gasteiger partial charge in [0.05, 0.1) is 0 Å². The van der Waals surface area contributed by atoms with E-state index >= 15 is 0 Å². The summed E-state index contributed by atoms with van der Waals surface area (Å²) in [6.45, 7) is 16.6. The van der Waals surface area contributed by atoms with Crippen LogP contribution in [0.4, 0.5) is 0 Å². The number of hydrogen-bond acceptors (Lipinski definition) is 3. The van der Waals surface area contributed by atoms with Gasteiger partial charge in [-0.3, -0.25) is 4.79 Å². The molecule has 1 heterocycles. The van der Waals surface area contributed by atoms with Crippen molar-refractivity contribution < 1.29 is 31.0 Å². The topological polar surface area (TPSA) is 50.2 Å². The molecule has 0 aliphatic carbocycles. The number of rotatable bonds is 12. The molecular weight excluding hydrogens is 806 g/mol. The summed E-state index contributed by atoms with van der Waals surface area (Å²) in [7, 11) is 0. The Kier molecular flexibility index (Phi) is 15.4. The Balaban J connectivity index is 0.000000335. The number of allylic oxidation sites excluding steroid dienone is 2. The van der Waals surface area contributed by atoms with E-state index in [0.717, 1.165) is 36.9 Å². The fourth-order valence-corrected chi connectivity index (χ4v) is 5.96. The van der Waals surface area contributed by atoms with Gasteiger partial charge in [-0.1, -0.05) is 140 Å². The van der Waals surface area contributed by atoms with Crippen molar-refractivity contribution in [1.29, 1.82) is 0 Å². The van der Waals surface area contributed by atoms with Crippen LogP contribution in [0.3, 0.4) is 0 Å². The first-order chi connectivity index (χ1) is 24.0. The Bertz CT molecular complexity index is 1800. The summed E-state index contributed by atoms with van der Waals surface area (Å²) in [5, 5.41) is 10.1. The summed E-state index contributed by atoms with van der Waals surface area (Å²) in [5.74, 6) is 0.670. The summed E-state index contributed by atoms with van der Waals surface area (Å²) in [5.41, 5.74) is 9.96. The first-order valence-electron chi connectivity index (χ1n) is 18.2. The van der Waals surface area contributed by atoms with Crippen molar-refractivity contribution in [2.75, 3.05) is 0 Å². The molecule has 4 aromatic carbocycles. The number of hydrogen-bond donors (Lipinski definition) is 1. The molecule has 0 atom stereocenters. The van der Waals surface area contributed by atoms with Gasteiger partial charge in [-0.05, 0) is 83.5 Å². The minimum absolute atomic E-state index is 0. The van der Waals surface area contributed by atoms with Crippen molar-refractivity contribution in [3.05, 3.63) is 139 Å². The van der Waals surface area contributed by atoms with Gasteiger partial charge in [0.1, 0.15) is 5.76 Å². The van der Waals surface area contributed by atoms with Crippen molar-refractivity contribution in [1.82, 2.24) is 4.98 Å². The zero-order valence-corrected chi connectivity index (χ0v) is 33.8. The van der Waals surface area contributed by atoms with E-state index in [1.807, 2.05) is 65.9 Å². The Morgan fingerprint density at radius 1 is 0.706 bits per heavy atom. The van der Waals surface area contributed by atoms with Crippen LogP contribution >= 0.6 is 0 Å². The van der Waals surface area contributed by atoms with E-state index in [0.29, 0.717) is 5.92 Å².